The summed E-state index contributed by atoms with van der Waals surface area (Å²) < 4.78 is 79.7. The Morgan fingerprint density at radius 1 is 1.11 bits per heavy atom. The minimum absolute atomic E-state index is 0.121. The molecule has 148 valence electrons. The number of aliphatic hydroxyl groups is 1. The number of fused-ring (bicyclic) bond motifs is 1. The van der Waals surface area contributed by atoms with Crippen LogP contribution < -0.4 is 0 Å². The highest BCUT2D eigenvalue weighted by Gasteiger charge is 2.39. The molecule has 2 atom stereocenters. The van der Waals surface area contributed by atoms with Crippen molar-refractivity contribution in [3.63, 3.8) is 0 Å². The van der Waals surface area contributed by atoms with E-state index in [1.54, 1.807) is 7.05 Å². The number of hydrogen-bond acceptors (Lipinski definition) is 3. The molecule has 0 aliphatic carbocycles. The molecule has 1 aliphatic heterocycles. The first-order valence-corrected chi connectivity index (χ1v) is 8.46. The summed E-state index contributed by atoms with van der Waals surface area (Å²) in [7, 11) is 1.74. The van der Waals surface area contributed by atoms with Crippen molar-refractivity contribution in [1.29, 1.82) is 0 Å². The molecule has 0 saturated carbocycles. The first-order chi connectivity index (χ1) is 12.5. The van der Waals surface area contributed by atoms with E-state index in [2.05, 4.69) is 4.98 Å². The highest BCUT2D eigenvalue weighted by molar-refractivity contribution is 5.86. The van der Waals surface area contributed by atoms with Crippen LogP contribution in [0, 0.1) is 0 Å². The number of pyridine rings is 1. The second-order valence-corrected chi connectivity index (χ2v) is 6.78. The van der Waals surface area contributed by atoms with Crippen LogP contribution in [0.3, 0.4) is 0 Å². The molecular weight excluding hydrogens is 374 g/mol. The highest BCUT2D eigenvalue weighted by Crippen LogP contribution is 2.40. The lowest BCUT2D eigenvalue weighted by molar-refractivity contribution is -0.142. The van der Waals surface area contributed by atoms with Crippen molar-refractivity contribution in [3.05, 3.63) is 41.1 Å². The molecule has 3 rings (SSSR count). The number of hydrogen-bond donors (Lipinski definition) is 1. The molecule has 3 nitrogen and oxygen atoms in total. The molecular formula is C18H18F6N2O. The lowest BCUT2D eigenvalue weighted by Crippen LogP contribution is -2.40. The maximum absolute atomic E-state index is 13.3. The number of aliphatic hydroxyl groups excluding tert-OH is 1. The first kappa shape index (κ1) is 19.9. The Labute approximate surface area is 151 Å². The maximum atomic E-state index is 13.3. The van der Waals surface area contributed by atoms with E-state index in [0.29, 0.717) is 25.1 Å². The number of likely N-dealkylation sites (N-methyl/N-ethyl adjacent to an activating group) is 1. The van der Waals surface area contributed by atoms with Crippen molar-refractivity contribution >= 4 is 10.9 Å². The molecule has 0 spiro atoms. The molecule has 1 saturated heterocycles. The molecule has 0 amide bonds. The van der Waals surface area contributed by atoms with Gasteiger partial charge in [0.15, 0.2) is 0 Å². The van der Waals surface area contributed by atoms with Gasteiger partial charge in [-0.15, -0.1) is 0 Å². The monoisotopic (exact) mass is 392 g/mol. The van der Waals surface area contributed by atoms with Crippen LogP contribution in [0.1, 0.15) is 42.2 Å². The zero-order valence-electron chi connectivity index (χ0n) is 14.4. The minimum atomic E-state index is -4.93. The summed E-state index contributed by atoms with van der Waals surface area (Å²) in [4.78, 5) is 5.07. The number of para-hydroxylation sites is 1. The van der Waals surface area contributed by atoms with Gasteiger partial charge in [-0.1, -0.05) is 18.6 Å². The Hall–Kier alpha value is -1.87. The Morgan fingerprint density at radius 3 is 2.41 bits per heavy atom. The van der Waals surface area contributed by atoms with E-state index in [-0.39, 0.29) is 10.9 Å². The fraction of sp³-hybridized carbons (Fsp3) is 0.500. The number of piperidine rings is 1. The topological polar surface area (TPSA) is 36.4 Å². The summed E-state index contributed by atoms with van der Waals surface area (Å²) in [5, 5.41) is 10.7. The number of benzene rings is 1. The molecule has 1 fully saturated rings. The van der Waals surface area contributed by atoms with Gasteiger partial charge in [0.25, 0.3) is 0 Å². The van der Waals surface area contributed by atoms with Crippen LogP contribution in [0.25, 0.3) is 10.9 Å². The van der Waals surface area contributed by atoms with Gasteiger partial charge in [-0.25, -0.2) is 4.98 Å². The Morgan fingerprint density at radius 2 is 1.81 bits per heavy atom. The van der Waals surface area contributed by atoms with Crippen LogP contribution >= 0.6 is 0 Å². The zero-order valence-corrected chi connectivity index (χ0v) is 14.4. The van der Waals surface area contributed by atoms with Crippen LogP contribution in [-0.2, 0) is 12.4 Å². The summed E-state index contributed by atoms with van der Waals surface area (Å²) in [5.74, 6) is 0. The van der Waals surface area contributed by atoms with Gasteiger partial charge in [-0.2, -0.15) is 26.3 Å². The van der Waals surface area contributed by atoms with Crippen molar-refractivity contribution in [2.45, 2.75) is 43.8 Å². The van der Waals surface area contributed by atoms with Gasteiger partial charge in [-0.3, -0.25) is 0 Å². The summed E-state index contributed by atoms with van der Waals surface area (Å²) in [5.41, 5.74) is -3.68. The lowest BCUT2D eigenvalue weighted by atomic mass is 9.90. The number of nitrogens with zero attached hydrogens (tertiary/aromatic N) is 2. The smallest absolute Gasteiger partial charge is 0.387 e. The molecule has 0 bridgehead atoms. The third-order valence-electron chi connectivity index (χ3n) is 4.98. The quantitative estimate of drug-likeness (QED) is 0.747. The molecule has 2 aromatic rings. The zero-order chi connectivity index (χ0) is 20.0. The molecule has 1 aliphatic rings. The van der Waals surface area contributed by atoms with Gasteiger partial charge in [0, 0.05) is 11.4 Å². The predicted octanol–water partition coefficient (Wildman–Crippen LogP) is 4.79. The van der Waals surface area contributed by atoms with Crippen LogP contribution in [0.5, 0.6) is 0 Å². The third-order valence-corrected chi connectivity index (χ3v) is 4.98. The van der Waals surface area contributed by atoms with E-state index < -0.39 is 41.3 Å². The van der Waals surface area contributed by atoms with E-state index >= 15 is 0 Å². The number of alkyl halides is 6. The standard InChI is InChI=1S/C18H18F6N2O/c1-26-8-3-2-7-13(26)16(27)11-9-14(18(22,23)24)25-15-10(11)5-4-6-12(15)17(19,20)21/h4-6,9,13,16,27H,2-3,7-8H2,1H3/t13?,16-/m0/s1. The fourth-order valence-corrected chi connectivity index (χ4v) is 3.60. The van der Waals surface area contributed by atoms with Gasteiger partial charge >= 0.3 is 12.4 Å². The fourth-order valence-electron chi connectivity index (χ4n) is 3.60. The number of rotatable bonds is 2. The average Bonchev–Trinajstić information content (AvgIpc) is 2.58. The Balaban J connectivity index is 2.24. The molecule has 9 heteroatoms. The summed E-state index contributed by atoms with van der Waals surface area (Å²) in [6.45, 7) is 0.657. The van der Waals surface area contributed by atoms with Gasteiger partial charge in [0.2, 0.25) is 0 Å². The van der Waals surface area contributed by atoms with Crippen LogP contribution in [0.4, 0.5) is 26.3 Å². The van der Waals surface area contributed by atoms with Gasteiger partial charge < -0.3 is 10.0 Å². The minimum Gasteiger partial charge on any atom is -0.387 e. The van der Waals surface area contributed by atoms with Crippen molar-refractivity contribution in [2.75, 3.05) is 13.6 Å². The lowest BCUT2D eigenvalue weighted by Gasteiger charge is -2.36. The Bertz CT molecular complexity index is 833. The van der Waals surface area contributed by atoms with Crippen LogP contribution in [0.15, 0.2) is 24.3 Å². The number of halogens is 6. The van der Waals surface area contributed by atoms with Gasteiger partial charge in [0.1, 0.15) is 5.69 Å². The van der Waals surface area contributed by atoms with Crippen molar-refractivity contribution in [2.24, 2.45) is 0 Å². The Kier molecular flexibility index (Phi) is 5.11. The van der Waals surface area contributed by atoms with E-state index in [9.17, 15) is 31.4 Å². The molecule has 1 unspecified atom stereocenters. The maximum Gasteiger partial charge on any atom is 0.433 e. The first-order valence-electron chi connectivity index (χ1n) is 8.46. The second-order valence-electron chi connectivity index (χ2n) is 6.78. The van der Waals surface area contributed by atoms with E-state index in [1.807, 2.05) is 4.90 Å². The van der Waals surface area contributed by atoms with Gasteiger partial charge in [0.05, 0.1) is 17.2 Å². The molecule has 27 heavy (non-hydrogen) atoms. The average molecular weight is 392 g/mol. The van der Waals surface area contributed by atoms with Crippen LogP contribution in [0.2, 0.25) is 0 Å². The normalized spacial score (nSPS) is 20.8. The SMILES string of the molecule is CN1CCCCC1[C@@H](O)c1cc(C(F)(F)F)nc2c(C(F)(F)F)cccc12. The molecule has 2 heterocycles. The van der Waals surface area contributed by atoms with E-state index in [0.717, 1.165) is 18.9 Å². The largest absolute Gasteiger partial charge is 0.433 e. The summed E-state index contributed by atoms with van der Waals surface area (Å²) in [6, 6.07) is 3.26. The summed E-state index contributed by atoms with van der Waals surface area (Å²) in [6.07, 6.45) is -8.93. The molecule has 0 radical (unpaired) electrons. The number of likely N-dealkylation sites (tertiary alicyclic amines) is 1. The van der Waals surface area contributed by atoms with E-state index in [4.69, 9.17) is 0 Å². The predicted molar refractivity (Wildman–Crippen MR) is 87.0 cm³/mol. The molecule has 1 N–H and O–H groups in total. The van der Waals surface area contributed by atoms with Crippen LogP contribution in [-0.4, -0.2) is 34.6 Å². The molecule has 1 aromatic heterocycles. The van der Waals surface area contributed by atoms with Gasteiger partial charge in [-0.05, 0) is 44.1 Å². The van der Waals surface area contributed by atoms with Crippen molar-refractivity contribution in [1.82, 2.24) is 9.88 Å². The third kappa shape index (κ3) is 3.89. The number of aromatic nitrogens is 1. The molecule has 1 aromatic carbocycles. The van der Waals surface area contributed by atoms with Crippen molar-refractivity contribution in [3.8, 4) is 0 Å². The highest BCUT2D eigenvalue weighted by atomic mass is 19.4. The second kappa shape index (κ2) is 6.94. The van der Waals surface area contributed by atoms with Crippen molar-refractivity contribution < 1.29 is 31.4 Å². The summed E-state index contributed by atoms with van der Waals surface area (Å²) >= 11 is 0. The van der Waals surface area contributed by atoms with E-state index in [1.165, 1.54) is 6.07 Å².